The number of aromatic nitrogens is 1. The zero-order valence-corrected chi connectivity index (χ0v) is 21.2. The predicted molar refractivity (Wildman–Crippen MR) is 142 cm³/mol. The molecule has 0 bridgehead atoms. The van der Waals surface area contributed by atoms with Crippen LogP contribution in [0, 0.1) is 0 Å². The number of carbonyl (C=O) groups excluding carboxylic acids is 1. The van der Waals surface area contributed by atoms with Crippen molar-refractivity contribution in [2.75, 3.05) is 6.61 Å². The number of benzene rings is 2. The van der Waals surface area contributed by atoms with Gasteiger partial charge < -0.3 is 14.4 Å². The molecule has 3 aromatic rings. The molecule has 5 heteroatoms. The minimum atomic E-state index is -0.941. The first-order chi connectivity index (χ1) is 17.0. The van der Waals surface area contributed by atoms with E-state index in [0.717, 1.165) is 42.1 Å². The van der Waals surface area contributed by atoms with E-state index < -0.39 is 5.97 Å². The van der Waals surface area contributed by atoms with Gasteiger partial charge in [0.1, 0.15) is 12.4 Å². The lowest BCUT2D eigenvalue weighted by Crippen LogP contribution is -2.17. The van der Waals surface area contributed by atoms with Gasteiger partial charge in [-0.2, -0.15) is 0 Å². The lowest BCUT2D eigenvalue weighted by atomic mass is 10.0. The molecule has 1 aromatic heterocycles. The lowest BCUT2D eigenvalue weighted by molar-refractivity contribution is -0.121. The van der Waals surface area contributed by atoms with Gasteiger partial charge in [0.05, 0.1) is 12.1 Å². The number of carbonyl (C=O) groups is 2. The Balaban J connectivity index is 1.54. The summed E-state index contributed by atoms with van der Waals surface area (Å²) in [4.78, 5) is 24.1. The van der Waals surface area contributed by atoms with E-state index in [1.807, 2.05) is 22.9 Å². The van der Waals surface area contributed by atoms with Gasteiger partial charge in [-0.25, -0.2) is 4.79 Å². The number of carboxylic acid groups (broad SMARTS) is 1. The van der Waals surface area contributed by atoms with Crippen molar-refractivity contribution in [1.82, 2.24) is 4.57 Å². The fraction of sp³-hybridized carbons (Fsp3) is 0.467. The summed E-state index contributed by atoms with van der Waals surface area (Å²) in [5, 5.41) is 10.3. The molecular weight excluding hydrogens is 438 g/mol. The van der Waals surface area contributed by atoms with E-state index in [4.69, 9.17) is 4.74 Å². The number of Topliss-reactive ketones (excluding diaryl/α,β-unsaturated/α-hetero) is 1. The molecule has 0 aliphatic heterocycles. The Morgan fingerprint density at radius 2 is 1.57 bits per heavy atom. The third-order valence-electron chi connectivity index (χ3n) is 6.50. The monoisotopic (exact) mass is 477 g/mol. The Morgan fingerprint density at radius 3 is 2.29 bits per heavy atom. The fourth-order valence-corrected chi connectivity index (χ4v) is 4.46. The van der Waals surface area contributed by atoms with Gasteiger partial charge in [0.15, 0.2) is 5.78 Å². The van der Waals surface area contributed by atoms with Crippen molar-refractivity contribution in [1.29, 1.82) is 0 Å². The topological polar surface area (TPSA) is 68.5 Å². The molecule has 1 heterocycles. The summed E-state index contributed by atoms with van der Waals surface area (Å²) in [6.45, 7) is 4.57. The second-order valence-corrected chi connectivity index (χ2v) is 9.41. The average Bonchev–Trinajstić information content (AvgIpc) is 3.20. The van der Waals surface area contributed by atoms with Crippen molar-refractivity contribution in [2.24, 2.45) is 0 Å². The summed E-state index contributed by atoms with van der Waals surface area (Å²) in [6, 6.07) is 13.2. The van der Waals surface area contributed by atoms with Crippen LogP contribution in [0.1, 0.15) is 86.7 Å². The van der Waals surface area contributed by atoms with Crippen molar-refractivity contribution in [3.63, 3.8) is 0 Å². The molecular formula is C30H39NO4. The van der Waals surface area contributed by atoms with Crippen LogP contribution in [-0.2, 0) is 24.2 Å². The molecule has 5 nitrogen and oxygen atoms in total. The molecule has 0 radical (unpaired) electrons. The summed E-state index contributed by atoms with van der Waals surface area (Å²) in [7, 11) is 0. The normalized spacial score (nSPS) is 11.1. The Hall–Kier alpha value is -3.08. The van der Waals surface area contributed by atoms with Crippen LogP contribution < -0.4 is 4.74 Å². The molecule has 0 atom stereocenters. The smallest absolute Gasteiger partial charge is 0.335 e. The number of nitrogens with zero attached hydrogens (tertiary/aromatic N) is 1. The van der Waals surface area contributed by atoms with E-state index in [1.165, 1.54) is 44.1 Å². The largest absolute Gasteiger partial charge is 0.486 e. The Morgan fingerprint density at radius 1 is 0.857 bits per heavy atom. The number of unbranched alkanes of at least 4 members (excludes halogenated alkanes) is 6. The molecule has 3 rings (SSSR count). The summed E-state index contributed by atoms with van der Waals surface area (Å²) in [5.41, 5.74) is 3.54. The van der Waals surface area contributed by atoms with Crippen LogP contribution in [-0.4, -0.2) is 28.0 Å². The van der Waals surface area contributed by atoms with E-state index in [1.54, 1.807) is 18.2 Å². The van der Waals surface area contributed by atoms with E-state index in [2.05, 4.69) is 26.0 Å². The van der Waals surface area contributed by atoms with Crippen LogP contribution in [0.15, 0.2) is 48.7 Å². The van der Waals surface area contributed by atoms with Gasteiger partial charge in [0.25, 0.3) is 0 Å². The molecule has 188 valence electrons. The number of hydrogen-bond donors (Lipinski definition) is 1. The maximum Gasteiger partial charge on any atom is 0.335 e. The maximum atomic E-state index is 12.7. The third-order valence-corrected chi connectivity index (χ3v) is 6.50. The highest BCUT2D eigenvalue weighted by Gasteiger charge is 2.14. The van der Waals surface area contributed by atoms with Crippen LogP contribution in [0.3, 0.4) is 0 Å². The van der Waals surface area contributed by atoms with Crippen LogP contribution in [0.25, 0.3) is 10.9 Å². The zero-order chi connectivity index (χ0) is 25.0. The molecule has 0 unspecified atom stereocenters. The molecule has 0 aliphatic rings. The highest BCUT2D eigenvalue weighted by atomic mass is 16.5. The predicted octanol–water partition coefficient (Wildman–Crippen LogP) is 7.23. The van der Waals surface area contributed by atoms with E-state index >= 15 is 0 Å². The number of hydrogen-bond acceptors (Lipinski definition) is 3. The van der Waals surface area contributed by atoms with Crippen LogP contribution in [0.5, 0.6) is 5.75 Å². The summed E-state index contributed by atoms with van der Waals surface area (Å²) < 4.78 is 7.68. The summed E-state index contributed by atoms with van der Waals surface area (Å²) >= 11 is 0. The number of fused-ring (bicyclic) bond motifs is 1. The summed E-state index contributed by atoms with van der Waals surface area (Å²) in [6.07, 6.45) is 13.7. The van der Waals surface area contributed by atoms with Gasteiger partial charge in [-0.05, 0) is 67.1 Å². The number of carboxylic acids is 1. The van der Waals surface area contributed by atoms with Gasteiger partial charge in [-0.3, -0.25) is 4.79 Å². The second kappa shape index (κ2) is 13.7. The molecule has 0 spiro atoms. The molecule has 0 amide bonds. The highest BCUT2D eigenvalue weighted by molar-refractivity contribution is 5.95. The van der Waals surface area contributed by atoms with Gasteiger partial charge in [-0.15, -0.1) is 0 Å². The van der Waals surface area contributed by atoms with Gasteiger partial charge in [0, 0.05) is 17.1 Å². The average molecular weight is 478 g/mol. The number of ketones is 1. The first kappa shape index (κ1) is 26.5. The second-order valence-electron chi connectivity index (χ2n) is 9.41. The highest BCUT2D eigenvalue weighted by Crippen LogP contribution is 2.25. The molecule has 35 heavy (non-hydrogen) atoms. The quantitative estimate of drug-likeness (QED) is 0.221. The molecule has 2 aromatic carbocycles. The van der Waals surface area contributed by atoms with Crippen molar-refractivity contribution in [3.8, 4) is 5.75 Å². The van der Waals surface area contributed by atoms with Crippen molar-refractivity contribution in [2.45, 2.75) is 84.6 Å². The summed E-state index contributed by atoms with van der Waals surface area (Å²) in [5.74, 6) is -0.261. The first-order valence-corrected chi connectivity index (χ1v) is 13.1. The number of aryl methyl sites for hydroxylation is 2. The fourth-order valence-electron chi connectivity index (χ4n) is 4.46. The lowest BCUT2D eigenvalue weighted by Gasteiger charge is -2.08. The standard InChI is InChI=1S/C30H39NO4/c1-3-5-7-8-9-10-11-23-13-16-27(17-14-23)35-22-26(32)21-31-20-25(12-6-4-2)28-19-24(30(33)34)15-18-29(28)31/h13-20H,3-12,21-22H2,1-2H3,(H,33,34). The van der Waals surface area contributed by atoms with E-state index in [9.17, 15) is 14.7 Å². The molecule has 1 N–H and O–H groups in total. The molecule has 0 aliphatic carbocycles. The number of rotatable bonds is 16. The number of aromatic carboxylic acids is 1. The number of ether oxygens (including phenoxy) is 1. The van der Waals surface area contributed by atoms with Crippen LogP contribution in [0.4, 0.5) is 0 Å². The van der Waals surface area contributed by atoms with Crippen molar-refractivity contribution >= 4 is 22.7 Å². The van der Waals surface area contributed by atoms with Crippen LogP contribution in [0.2, 0.25) is 0 Å². The minimum Gasteiger partial charge on any atom is -0.486 e. The van der Waals surface area contributed by atoms with Crippen LogP contribution >= 0.6 is 0 Å². The molecule has 0 fully saturated rings. The Bertz CT molecular complexity index is 1100. The third kappa shape index (κ3) is 7.98. The maximum absolute atomic E-state index is 12.7. The van der Waals surface area contributed by atoms with Gasteiger partial charge in [0.2, 0.25) is 0 Å². The molecule has 0 saturated heterocycles. The Labute approximate surface area is 209 Å². The minimum absolute atomic E-state index is 0.00789. The first-order valence-electron chi connectivity index (χ1n) is 13.1. The SMILES string of the molecule is CCCCCCCCc1ccc(OCC(=O)Cn2cc(CCCC)c3cc(C(=O)O)ccc32)cc1. The van der Waals surface area contributed by atoms with Crippen molar-refractivity contribution < 1.29 is 19.4 Å². The molecule has 0 saturated carbocycles. The van der Waals surface area contributed by atoms with E-state index in [0.29, 0.717) is 5.75 Å². The van der Waals surface area contributed by atoms with Gasteiger partial charge >= 0.3 is 5.97 Å². The van der Waals surface area contributed by atoms with E-state index in [-0.39, 0.29) is 24.5 Å². The van der Waals surface area contributed by atoms with Gasteiger partial charge in [-0.1, -0.05) is 64.5 Å². The zero-order valence-electron chi connectivity index (χ0n) is 21.2. The van der Waals surface area contributed by atoms with Crippen molar-refractivity contribution in [3.05, 3.63) is 65.4 Å². The Kier molecular flexibility index (Phi) is 10.4.